The third-order valence-electron chi connectivity index (χ3n) is 3.64. The molecule has 0 fully saturated rings. The summed E-state index contributed by atoms with van der Waals surface area (Å²) in [5.41, 5.74) is 2.88. The van der Waals surface area contributed by atoms with Gasteiger partial charge in [0.25, 0.3) is 11.8 Å². The van der Waals surface area contributed by atoms with Crippen LogP contribution in [-0.4, -0.2) is 23.3 Å². The maximum Gasteiger partial charge on any atom is 0.270 e. The van der Waals surface area contributed by atoms with Crippen molar-refractivity contribution in [1.29, 1.82) is 0 Å². The van der Waals surface area contributed by atoms with Crippen LogP contribution >= 0.6 is 0 Å². The number of carbonyl (C=O) groups excluding carboxylic acids is 2. The van der Waals surface area contributed by atoms with Gasteiger partial charge in [0.05, 0.1) is 0 Å². The normalized spacial score (nSPS) is 10.2. The highest BCUT2D eigenvalue weighted by atomic mass is 16.2. The molecule has 0 atom stereocenters. The Morgan fingerprint density at radius 3 is 2.50 bits per heavy atom. The summed E-state index contributed by atoms with van der Waals surface area (Å²) in [7, 11) is 0. The van der Waals surface area contributed by atoms with Crippen LogP contribution in [0.1, 0.15) is 51.7 Å². The van der Waals surface area contributed by atoms with Gasteiger partial charge in [-0.2, -0.15) is 0 Å². The fourth-order valence-corrected chi connectivity index (χ4v) is 2.16. The lowest BCUT2D eigenvalue weighted by Gasteiger charge is -2.07. The number of nitrogens with one attached hydrogen (secondary N) is 2. The van der Waals surface area contributed by atoms with Gasteiger partial charge in [-0.05, 0) is 31.0 Å². The van der Waals surface area contributed by atoms with Crippen LogP contribution in [0.15, 0.2) is 42.6 Å². The molecule has 2 aromatic rings. The third-order valence-corrected chi connectivity index (χ3v) is 3.64. The van der Waals surface area contributed by atoms with E-state index in [2.05, 4.69) is 22.5 Å². The Hall–Kier alpha value is -2.69. The Morgan fingerprint density at radius 1 is 1.04 bits per heavy atom. The Labute approximate surface area is 142 Å². The Balaban J connectivity index is 1.95. The number of rotatable bonds is 7. The predicted octanol–water partition coefficient (Wildman–Crippen LogP) is 2.85. The summed E-state index contributed by atoms with van der Waals surface area (Å²) >= 11 is 0. The van der Waals surface area contributed by atoms with Crippen LogP contribution < -0.4 is 10.6 Å². The highest BCUT2D eigenvalue weighted by molar-refractivity contribution is 5.98. The number of nitrogens with zero attached hydrogens (tertiary/aromatic N) is 1. The Kier molecular flexibility index (Phi) is 6.49. The summed E-state index contributed by atoms with van der Waals surface area (Å²) in [6.45, 7) is 5.14. The Bertz CT molecular complexity index is 696. The summed E-state index contributed by atoms with van der Waals surface area (Å²) in [6.07, 6.45) is 3.43. The first-order chi connectivity index (χ1) is 11.6. The molecule has 2 amide bonds. The van der Waals surface area contributed by atoms with E-state index in [4.69, 9.17) is 0 Å². The van der Waals surface area contributed by atoms with E-state index < -0.39 is 0 Å². The number of pyridine rings is 1. The average Bonchev–Trinajstić information content (AvgIpc) is 2.61. The molecular weight excluding hydrogens is 302 g/mol. The molecule has 1 aromatic heterocycles. The van der Waals surface area contributed by atoms with Crippen molar-refractivity contribution >= 4 is 11.8 Å². The zero-order valence-electron chi connectivity index (χ0n) is 14.1. The minimum atomic E-state index is -0.293. The fourth-order valence-electron chi connectivity index (χ4n) is 2.16. The highest BCUT2D eigenvalue weighted by Gasteiger charge is 2.11. The molecular formula is C19H23N3O2. The Morgan fingerprint density at radius 2 is 1.79 bits per heavy atom. The smallest absolute Gasteiger partial charge is 0.270 e. The molecule has 0 aliphatic heterocycles. The topological polar surface area (TPSA) is 71.1 Å². The molecule has 5 nitrogen and oxygen atoms in total. The van der Waals surface area contributed by atoms with Gasteiger partial charge in [0, 0.05) is 24.8 Å². The van der Waals surface area contributed by atoms with E-state index in [0.717, 1.165) is 18.4 Å². The first kappa shape index (κ1) is 17.7. The number of benzene rings is 1. The molecule has 5 heteroatoms. The monoisotopic (exact) mass is 325 g/mol. The largest absolute Gasteiger partial charge is 0.352 e. The van der Waals surface area contributed by atoms with Crippen molar-refractivity contribution in [3.05, 3.63) is 65.0 Å². The van der Waals surface area contributed by atoms with Crippen molar-refractivity contribution in [1.82, 2.24) is 15.6 Å². The minimum absolute atomic E-state index is 0.182. The summed E-state index contributed by atoms with van der Waals surface area (Å²) < 4.78 is 0. The van der Waals surface area contributed by atoms with Gasteiger partial charge < -0.3 is 10.6 Å². The van der Waals surface area contributed by atoms with Crippen LogP contribution in [0.4, 0.5) is 0 Å². The molecule has 0 aliphatic carbocycles. The number of amides is 2. The number of unbranched alkanes of at least 4 members (excludes halogenated alkanes) is 1. The molecule has 0 spiro atoms. The molecule has 1 aromatic carbocycles. The fraction of sp³-hybridized carbons (Fsp3) is 0.316. The van der Waals surface area contributed by atoms with Crippen LogP contribution in [0.5, 0.6) is 0 Å². The van der Waals surface area contributed by atoms with E-state index in [9.17, 15) is 9.59 Å². The minimum Gasteiger partial charge on any atom is -0.352 e. The predicted molar refractivity (Wildman–Crippen MR) is 93.8 cm³/mol. The van der Waals surface area contributed by atoms with Gasteiger partial charge in [-0.25, -0.2) is 0 Å². The molecule has 0 bridgehead atoms. The summed E-state index contributed by atoms with van der Waals surface area (Å²) in [5, 5.41) is 5.65. The summed E-state index contributed by atoms with van der Waals surface area (Å²) in [5.74, 6) is -0.475. The molecule has 1 heterocycles. The average molecular weight is 325 g/mol. The van der Waals surface area contributed by atoms with Crippen molar-refractivity contribution in [3.63, 3.8) is 0 Å². The number of carbonyl (C=O) groups is 2. The van der Waals surface area contributed by atoms with Crippen molar-refractivity contribution < 1.29 is 9.59 Å². The SMILES string of the molecule is CCCCNC(=O)c1ccnc(C(=O)NCc2ccc(C)cc2)c1. The van der Waals surface area contributed by atoms with E-state index in [1.807, 2.05) is 31.2 Å². The van der Waals surface area contributed by atoms with E-state index in [-0.39, 0.29) is 17.5 Å². The van der Waals surface area contributed by atoms with Gasteiger partial charge in [-0.15, -0.1) is 0 Å². The van der Waals surface area contributed by atoms with E-state index in [1.54, 1.807) is 6.07 Å². The number of aryl methyl sites for hydroxylation is 1. The van der Waals surface area contributed by atoms with Crippen molar-refractivity contribution in [3.8, 4) is 0 Å². The van der Waals surface area contributed by atoms with Crippen LogP contribution in [0.2, 0.25) is 0 Å². The molecule has 0 aliphatic rings. The molecule has 2 rings (SSSR count). The zero-order valence-corrected chi connectivity index (χ0v) is 14.1. The maximum atomic E-state index is 12.2. The quantitative estimate of drug-likeness (QED) is 0.769. The van der Waals surface area contributed by atoms with Gasteiger partial charge in [0.2, 0.25) is 0 Å². The van der Waals surface area contributed by atoms with Crippen LogP contribution in [-0.2, 0) is 6.54 Å². The second kappa shape index (κ2) is 8.82. The van der Waals surface area contributed by atoms with E-state index in [0.29, 0.717) is 18.7 Å². The van der Waals surface area contributed by atoms with Crippen LogP contribution in [0.3, 0.4) is 0 Å². The van der Waals surface area contributed by atoms with Crippen molar-refractivity contribution in [2.24, 2.45) is 0 Å². The molecule has 0 saturated carbocycles. The first-order valence-corrected chi connectivity index (χ1v) is 8.18. The second-order valence-corrected chi connectivity index (χ2v) is 5.71. The van der Waals surface area contributed by atoms with E-state index >= 15 is 0 Å². The van der Waals surface area contributed by atoms with Gasteiger partial charge >= 0.3 is 0 Å². The molecule has 0 unspecified atom stereocenters. The maximum absolute atomic E-state index is 12.2. The lowest BCUT2D eigenvalue weighted by atomic mass is 10.1. The molecule has 126 valence electrons. The van der Waals surface area contributed by atoms with Gasteiger partial charge in [-0.3, -0.25) is 14.6 Å². The number of aromatic nitrogens is 1. The van der Waals surface area contributed by atoms with Crippen LogP contribution in [0.25, 0.3) is 0 Å². The lowest BCUT2D eigenvalue weighted by Crippen LogP contribution is -2.26. The second-order valence-electron chi connectivity index (χ2n) is 5.71. The molecule has 24 heavy (non-hydrogen) atoms. The van der Waals surface area contributed by atoms with Crippen molar-refractivity contribution in [2.45, 2.75) is 33.2 Å². The van der Waals surface area contributed by atoms with Crippen LogP contribution in [0, 0.1) is 6.92 Å². The van der Waals surface area contributed by atoms with Gasteiger partial charge in [0.1, 0.15) is 5.69 Å². The highest BCUT2D eigenvalue weighted by Crippen LogP contribution is 2.05. The van der Waals surface area contributed by atoms with Crippen molar-refractivity contribution in [2.75, 3.05) is 6.54 Å². The first-order valence-electron chi connectivity index (χ1n) is 8.18. The lowest BCUT2D eigenvalue weighted by molar-refractivity contribution is 0.0946. The number of hydrogen-bond acceptors (Lipinski definition) is 3. The molecule has 2 N–H and O–H groups in total. The third kappa shape index (κ3) is 5.19. The zero-order chi connectivity index (χ0) is 17.4. The molecule has 0 radical (unpaired) electrons. The van der Waals surface area contributed by atoms with E-state index in [1.165, 1.54) is 17.8 Å². The molecule has 0 saturated heterocycles. The number of hydrogen-bond donors (Lipinski definition) is 2. The summed E-state index contributed by atoms with van der Waals surface area (Å²) in [4.78, 5) is 28.3. The van der Waals surface area contributed by atoms with Gasteiger partial charge in [0.15, 0.2) is 0 Å². The standard InChI is InChI=1S/C19H23N3O2/c1-3-4-10-21-18(23)16-9-11-20-17(12-16)19(24)22-13-15-7-5-14(2)6-8-15/h5-9,11-12H,3-4,10,13H2,1-2H3,(H,21,23)(H,22,24). The summed E-state index contributed by atoms with van der Waals surface area (Å²) in [6, 6.07) is 11.1. The van der Waals surface area contributed by atoms with Gasteiger partial charge in [-0.1, -0.05) is 43.2 Å².